The highest BCUT2D eigenvalue weighted by Crippen LogP contribution is 2.30. The number of benzene rings is 1. The quantitative estimate of drug-likeness (QED) is 0.785. The van der Waals surface area contributed by atoms with Gasteiger partial charge in [-0.05, 0) is 45.0 Å². The summed E-state index contributed by atoms with van der Waals surface area (Å²) in [7, 11) is 1.65. The number of amides is 1. The van der Waals surface area contributed by atoms with E-state index in [0.717, 1.165) is 42.8 Å². The van der Waals surface area contributed by atoms with Crippen LogP contribution in [0.1, 0.15) is 31.6 Å². The predicted octanol–water partition coefficient (Wildman–Crippen LogP) is 1.76. The van der Waals surface area contributed by atoms with Gasteiger partial charge in [0, 0.05) is 7.11 Å². The average Bonchev–Trinajstić information content (AvgIpc) is 3.00. The van der Waals surface area contributed by atoms with Gasteiger partial charge in [-0.15, -0.1) is 0 Å². The lowest BCUT2D eigenvalue weighted by Crippen LogP contribution is -2.50. The van der Waals surface area contributed by atoms with E-state index in [9.17, 15) is 4.79 Å². The zero-order chi connectivity index (χ0) is 16.3. The van der Waals surface area contributed by atoms with Crippen molar-refractivity contribution < 1.29 is 9.53 Å². The highest BCUT2D eigenvalue weighted by molar-refractivity contribution is 5.83. The second-order valence-electron chi connectivity index (χ2n) is 6.30. The number of para-hydroxylation sites is 2. The first-order valence-electron chi connectivity index (χ1n) is 8.10. The molecule has 3 N–H and O–H groups in total. The Hall–Kier alpha value is -1.92. The molecule has 0 spiro atoms. The van der Waals surface area contributed by atoms with Crippen LogP contribution in [0.25, 0.3) is 11.0 Å². The molecule has 1 aromatic carbocycles. The Morgan fingerprint density at radius 3 is 2.83 bits per heavy atom. The zero-order valence-electron chi connectivity index (χ0n) is 13.7. The van der Waals surface area contributed by atoms with Gasteiger partial charge in [-0.2, -0.15) is 0 Å². The zero-order valence-corrected chi connectivity index (χ0v) is 13.7. The smallest absolute Gasteiger partial charge is 0.229 e. The Labute approximate surface area is 136 Å². The van der Waals surface area contributed by atoms with E-state index in [1.165, 1.54) is 0 Å². The van der Waals surface area contributed by atoms with Crippen molar-refractivity contribution in [2.24, 2.45) is 5.41 Å². The fourth-order valence-corrected chi connectivity index (χ4v) is 3.21. The van der Waals surface area contributed by atoms with Crippen LogP contribution in [0.15, 0.2) is 24.3 Å². The number of piperidine rings is 1. The molecule has 2 heterocycles. The summed E-state index contributed by atoms with van der Waals surface area (Å²) in [5, 5.41) is 6.41. The van der Waals surface area contributed by atoms with Gasteiger partial charge < -0.3 is 20.4 Å². The monoisotopic (exact) mass is 316 g/mol. The lowest BCUT2D eigenvalue weighted by molar-refractivity contribution is -0.137. The number of aromatic amines is 1. The third-order valence-corrected chi connectivity index (χ3v) is 4.63. The van der Waals surface area contributed by atoms with E-state index in [1.54, 1.807) is 7.11 Å². The van der Waals surface area contributed by atoms with Crippen molar-refractivity contribution >= 4 is 16.9 Å². The maximum atomic E-state index is 12.8. The summed E-state index contributed by atoms with van der Waals surface area (Å²) in [6, 6.07) is 7.70. The number of carbonyl (C=O) groups is 1. The lowest BCUT2D eigenvalue weighted by Gasteiger charge is -2.36. The largest absolute Gasteiger partial charge is 0.384 e. The standard InChI is InChI=1S/C17H24N4O2/c1-12(15-20-13-5-3-4-6-14(13)21-15)19-16(22)17(11-23-2)7-9-18-10-8-17/h3-6,12,18H,7-11H2,1-2H3,(H,19,22)(H,20,21). The summed E-state index contributed by atoms with van der Waals surface area (Å²) in [5.41, 5.74) is 1.45. The van der Waals surface area contributed by atoms with Crippen LogP contribution in [0, 0.1) is 5.41 Å². The number of aromatic nitrogens is 2. The molecule has 1 aromatic heterocycles. The topological polar surface area (TPSA) is 79.0 Å². The van der Waals surface area contributed by atoms with Crippen LogP contribution in [0.2, 0.25) is 0 Å². The van der Waals surface area contributed by atoms with Crippen LogP contribution in [-0.2, 0) is 9.53 Å². The lowest BCUT2D eigenvalue weighted by atomic mass is 9.78. The summed E-state index contributed by atoms with van der Waals surface area (Å²) in [4.78, 5) is 20.7. The molecule has 0 bridgehead atoms. The predicted molar refractivity (Wildman–Crippen MR) is 89.1 cm³/mol. The Bertz CT molecular complexity index is 638. The second-order valence-corrected chi connectivity index (χ2v) is 6.30. The molecule has 124 valence electrons. The number of H-pyrrole nitrogens is 1. The molecule has 3 rings (SSSR count). The highest BCUT2D eigenvalue weighted by Gasteiger charge is 2.40. The van der Waals surface area contributed by atoms with Gasteiger partial charge in [-0.3, -0.25) is 4.79 Å². The molecule has 1 unspecified atom stereocenters. The molecular formula is C17H24N4O2. The first kappa shape index (κ1) is 16.0. The average molecular weight is 316 g/mol. The molecule has 6 heteroatoms. The Morgan fingerprint density at radius 2 is 2.13 bits per heavy atom. The number of nitrogens with zero attached hydrogens (tertiary/aromatic N) is 1. The number of rotatable bonds is 5. The molecule has 1 saturated heterocycles. The minimum absolute atomic E-state index is 0.0498. The van der Waals surface area contributed by atoms with Gasteiger partial charge in [-0.1, -0.05) is 12.1 Å². The fourth-order valence-electron chi connectivity index (χ4n) is 3.21. The van der Waals surface area contributed by atoms with Crippen molar-refractivity contribution in [1.82, 2.24) is 20.6 Å². The minimum atomic E-state index is -0.444. The number of carbonyl (C=O) groups excluding carboxylic acids is 1. The highest BCUT2D eigenvalue weighted by atomic mass is 16.5. The first-order valence-corrected chi connectivity index (χ1v) is 8.10. The molecular weight excluding hydrogens is 292 g/mol. The molecule has 1 aliphatic heterocycles. The molecule has 23 heavy (non-hydrogen) atoms. The van der Waals surface area contributed by atoms with Crippen molar-refractivity contribution in [3.8, 4) is 0 Å². The number of fused-ring (bicyclic) bond motifs is 1. The molecule has 1 amide bonds. The third-order valence-electron chi connectivity index (χ3n) is 4.63. The van der Waals surface area contributed by atoms with Crippen LogP contribution < -0.4 is 10.6 Å². The van der Waals surface area contributed by atoms with Crippen molar-refractivity contribution in [1.29, 1.82) is 0 Å². The van der Waals surface area contributed by atoms with Crippen molar-refractivity contribution in [3.05, 3.63) is 30.1 Å². The molecule has 1 aliphatic rings. The van der Waals surface area contributed by atoms with Gasteiger partial charge in [0.2, 0.25) is 5.91 Å². The van der Waals surface area contributed by atoms with Crippen LogP contribution in [-0.4, -0.2) is 42.7 Å². The number of imidazole rings is 1. The van der Waals surface area contributed by atoms with Gasteiger partial charge in [0.05, 0.1) is 29.1 Å². The normalized spacial score (nSPS) is 18.7. The van der Waals surface area contributed by atoms with Gasteiger partial charge in [0.1, 0.15) is 5.82 Å². The van der Waals surface area contributed by atoms with Gasteiger partial charge in [0.15, 0.2) is 0 Å². The summed E-state index contributed by atoms with van der Waals surface area (Å²) in [5.74, 6) is 0.829. The van der Waals surface area contributed by atoms with E-state index in [4.69, 9.17) is 4.74 Å². The third kappa shape index (κ3) is 3.23. The maximum absolute atomic E-state index is 12.8. The van der Waals surface area contributed by atoms with E-state index < -0.39 is 5.41 Å². The van der Waals surface area contributed by atoms with Crippen molar-refractivity contribution in [2.75, 3.05) is 26.8 Å². The number of ether oxygens (including phenoxy) is 1. The fraction of sp³-hybridized carbons (Fsp3) is 0.529. The summed E-state index contributed by atoms with van der Waals surface area (Å²) in [6.45, 7) is 4.09. The van der Waals surface area contributed by atoms with E-state index in [0.29, 0.717) is 6.61 Å². The number of hydrogen-bond acceptors (Lipinski definition) is 4. The number of hydrogen-bond donors (Lipinski definition) is 3. The molecule has 1 fully saturated rings. The Morgan fingerprint density at radius 1 is 1.39 bits per heavy atom. The summed E-state index contributed by atoms with van der Waals surface area (Å²) in [6.07, 6.45) is 1.58. The number of methoxy groups -OCH3 is 1. The molecule has 1 atom stereocenters. The second kappa shape index (κ2) is 6.68. The number of nitrogens with one attached hydrogen (secondary N) is 3. The Kier molecular flexibility index (Phi) is 4.63. The molecule has 0 aliphatic carbocycles. The van der Waals surface area contributed by atoms with Gasteiger partial charge in [-0.25, -0.2) is 4.98 Å². The summed E-state index contributed by atoms with van der Waals surface area (Å²) < 4.78 is 5.33. The molecule has 0 radical (unpaired) electrons. The first-order chi connectivity index (χ1) is 11.1. The van der Waals surface area contributed by atoms with E-state index in [2.05, 4.69) is 20.6 Å². The van der Waals surface area contributed by atoms with Crippen LogP contribution in [0.5, 0.6) is 0 Å². The van der Waals surface area contributed by atoms with Crippen molar-refractivity contribution in [2.45, 2.75) is 25.8 Å². The maximum Gasteiger partial charge on any atom is 0.229 e. The SMILES string of the molecule is COCC1(C(=O)NC(C)c2nc3ccccc3[nH]2)CCNCC1. The van der Waals surface area contributed by atoms with Crippen LogP contribution in [0.4, 0.5) is 0 Å². The molecule has 0 saturated carbocycles. The van der Waals surface area contributed by atoms with E-state index >= 15 is 0 Å². The van der Waals surface area contributed by atoms with Gasteiger partial charge in [0.25, 0.3) is 0 Å². The minimum Gasteiger partial charge on any atom is -0.384 e. The van der Waals surface area contributed by atoms with Crippen LogP contribution >= 0.6 is 0 Å². The van der Waals surface area contributed by atoms with Gasteiger partial charge >= 0.3 is 0 Å². The van der Waals surface area contributed by atoms with E-state index in [1.807, 2.05) is 31.2 Å². The molecule has 2 aromatic rings. The van der Waals surface area contributed by atoms with E-state index in [-0.39, 0.29) is 11.9 Å². The van der Waals surface area contributed by atoms with Crippen molar-refractivity contribution in [3.63, 3.8) is 0 Å². The molecule has 6 nitrogen and oxygen atoms in total. The Balaban J connectivity index is 1.75. The summed E-state index contributed by atoms with van der Waals surface area (Å²) >= 11 is 0. The van der Waals surface area contributed by atoms with Crippen LogP contribution in [0.3, 0.4) is 0 Å².